The fourth-order valence-electron chi connectivity index (χ4n) is 4.76. The number of benzene rings is 1. The Balaban J connectivity index is 2.38. The van der Waals surface area contributed by atoms with Crippen LogP contribution in [0.5, 0.6) is 0 Å². The van der Waals surface area contributed by atoms with Gasteiger partial charge < -0.3 is 20.4 Å². The number of nitro groups is 1. The fourth-order valence-corrected chi connectivity index (χ4v) is 4.76. The van der Waals surface area contributed by atoms with Crippen LogP contribution in [0.1, 0.15) is 18.4 Å². The quantitative estimate of drug-likeness (QED) is 0.203. The van der Waals surface area contributed by atoms with E-state index in [1.165, 1.54) is 12.1 Å². The summed E-state index contributed by atoms with van der Waals surface area (Å²) in [6, 6.07) is 5.42. The SMILES string of the molecule is O=C(O)CN1CCCCN(CC(=O)O)C(Cc2ccc([N+](=O)[O-])cc2)CN(CC(=O)O)CCN(CC(=O)O)CC1. The lowest BCUT2D eigenvalue weighted by molar-refractivity contribution is -0.384. The van der Waals surface area contributed by atoms with E-state index in [9.17, 15) is 49.7 Å². The van der Waals surface area contributed by atoms with Crippen LogP contribution in [0.15, 0.2) is 24.3 Å². The van der Waals surface area contributed by atoms with Crippen molar-refractivity contribution in [3.8, 4) is 0 Å². The van der Waals surface area contributed by atoms with Gasteiger partial charge in [-0.05, 0) is 37.9 Å². The zero-order valence-corrected chi connectivity index (χ0v) is 22.3. The Labute approximate surface area is 231 Å². The summed E-state index contributed by atoms with van der Waals surface area (Å²) in [5, 5.41) is 48.9. The van der Waals surface area contributed by atoms with Gasteiger partial charge in [-0.3, -0.25) is 48.9 Å². The largest absolute Gasteiger partial charge is 0.480 e. The van der Waals surface area contributed by atoms with Crippen LogP contribution in [0.2, 0.25) is 0 Å². The lowest BCUT2D eigenvalue weighted by atomic mass is 10.0. The van der Waals surface area contributed by atoms with Gasteiger partial charge in [0.15, 0.2) is 0 Å². The molecule has 1 aliphatic heterocycles. The number of aliphatic carboxylic acids is 4. The minimum atomic E-state index is -1.10. The number of non-ortho nitro benzene ring substituents is 1. The molecule has 0 bridgehead atoms. The van der Waals surface area contributed by atoms with Crippen LogP contribution < -0.4 is 0 Å². The highest BCUT2D eigenvalue weighted by molar-refractivity contribution is 5.70. The minimum Gasteiger partial charge on any atom is -0.480 e. The van der Waals surface area contributed by atoms with Crippen LogP contribution in [-0.4, -0.2) is 147 Å². The topological polar surface area (TPSA) is 205 Å². The lowest BCUT2D eigenvalue weighted by Gasteiger charge is -2.36. The first kappa shape index (κ1) is 32.6. The van der Waals surface area contributed by atoms with Gasteiger partial charge in [-0.15, -0.1) is 0 Å². The van der Waals surface area contributed by atoms with Crippen LogP contribution in [0.25, 0.3) is 0 Å². The average molecular weight is 568 g/mol. The van der Waals surface area contributed by atoms with Crippen molar-refractivity contribution in [3.05, 3.63) is 39.9 Å². The fraction of sp³-hybridized carbons (Fsp3) is 0.600. The second-order valence-electron chi connectivity index (χ2n) is 9.82. The molecule has 0 amide bonds. The monoisotopic (exact) mass is 567 g/mol. The number of nitrogens with zero attached hydrogens (tertiary/aromatic N) is 5. The van der Waals surface area contributed by atoms with Gasteiger partial charge in [0.25, 0.3) is 5.69 Å². The van der Waals surface area contributed by atoms with Gasteiger partial charge in [-0.2, -0.15) is 0 Å². The van der Waals surface area contributed by atoms with Crippen LogP contribution in [-0.2, 0) is 25.6 Å². The smallest absolute Gasteiger partial charge is 0.317 e. The Morgan fingerprint density at radius 2 is 1.15 bits per heavy atom. The molecule has 1 fully saturated rings. The molecule has 1 atom stereocenters. The first-order chi connectivity index (χ1) is 18.9. The van der Waals surface area contributed by atoms with Crippen LogP contribution in [0.4, 0.5) is 5.69 Å². The summed E-state index contributed by atoms with van der Waals surface area (Å²) in [7, 11) is 0. The van der Waals surface area contributed by atoms with Gasteiger partial charge in [0.05, 0.1) is 31.1 Å². The number of carboxylic acid groups (broad SMARTS) is 4. The van der Waals surface area contributed by atoms with Crippen LogP contribution in [0, 0.1) is 10.1 Å². The van der Waals surface area contributed by atoms with E-state index in [1.807, 2.05) is 0 Å². The van der Waals surface area contributed by atoms with Crippen molar-refractivity contribution < 1.29 is 44.5 Å². The van der Waals surface area contributed by atoms with Crippen molar-refractivity contribution in [1.29, 1.82) is 0 Å². The van der Waals surface area contributed by atoms with Crippen LogP contribution in [0.3, 0.4) is 0 Å². The number of carbonyl (C=O) groups is 4. The van der Waals surface area contributed by atoms with Gasteiger partial charge in [0.2, 0.25) is 0 Å². The molecule has 2 rings (SSSR count). The van der Waals surface area contributed by atoms with Crippen molar-refractivity contribution in [2.75, 3.05) is 72.0 Å². The number of hydrogen-bond donors (Lipinski definition) is 4. The maximum atomic E-state index is 11.8. The summed E-state index contributed by atoms with van der Waals surface area (Å²) < 4.78 is 0. The lowest BCUT2D eigenvalue weighted by Crippen LogP contribution is -2.51. The van der Waals surface area contributed by atoms with Crippen molar-refractivity contribution in [1.82, 2.24) is 19.6 Å². The maximum Gasteiger partial charge on any atom is 0.317 e. The second-order valence-corrected chi connectivity index (χ2v) is 9.82. The van der Waals surface area contributed by atoms with Gasteiger partial charge >= 0.3 is 23.9 Å². The highest BCUT2D eigenvalue weighted by Gasteiger charge is 2.26. The molecule has 1 saturated heterocycles. The molecule has 0 aromatic heterocycles. The standard InChI is InChI=1S/C25H37N5O10/c31-22(32)15-26-7-1-2-8-29(18-25(37)38)21(13-19-3-5-20(6-4-19)30(39)40)14-28(17-24(35)36)12-11-27(10-9-26)16-23(33)34/h3-6,21H,1-2,7-18H2,(H,31,32)(H,33,34)(H,35,36)(H,37,38). The van der Waals surface area contributed by atoms with Crippen molar-refractivity contribution in [3.63, 3.8) is 0 Å². The zero-order valence-electron chi connectivity index (χ0n) is 22.3. The molecule has 0 radical (unpaired) electrons. The first-order valence-corrected chi connectivity index (χ1v) is 12.9. The Morgan fingerprint density at radius 3 is 1.65 bits per heavy atom. The highest BCUT2D eigenvalue weighted by Crippen LogP contribution is 2.17. The molecule has 1 unspecified atom stereocenters. The molecular formula is C25H37N5O10. The summed E-state index contributed by atoms with van der Waals surface area (Å²) >= 11 is 0. The number of hydrogen-bond acceptors (Lipinski definition) is 10. The summed E-state index contributed by atoms with van der Waals surface area (Å²) in [4.78, 5) is 63.5. The predicted molar refractivity (Wildman–Crippen MR) is 141 cm³/mol. The summed E-state index contributed by atoms with van der Waals surface area (Å²) in [6.07, 6.45) is 1.40. The molecule has 0 spiro atoms. The molecule has 1 aromatic carbocycles. The summed E-state index contributed by atoms with van der Waals surface area (Å²) in [6.45, 7) is 0.697. The van der Waals surface area contributed by atoms with Crippen molar-refractivity contribution in [2.24, 2.45) is 0 Å². The number of carboxylic acids is 4. The molecule has 1 aliphatic rings. The predicted octanol–water partition coefficient (Wildman–Crippen LogP) is -0.154. The van der Waals surface area contributed by atoms with Crippen LogP contribution >= 0.6 is 0 Å². The summed E-state index contributed by atoms with van der Waals surface area (Å²) in [5.74, 6) is -4.26. The van der Waals surface area contributed by atoms with Gasteiger partial charge in [-0.25, -0.2) is 0 Å². The third-order valence-electron chi connectivity index (χ3n) is 6.65. The molecule has 40 heavy (non-hydrogen) atoms. The van der Waals surface area contributed by atoms with E-state index in [-0.39, 0.29) is 58.0 Å². The van der Waals surface area contributed by atoms with Gasteiger partial charge in [-0.1, -0.05) is 12.1 Å². The Bertz CT molecular complexity index is 1020. The Kier molecular flexibility index (Phi) is 13.4. The van der Waals surface area contributed by atoms with Gasteiger partial charge in [0, 0.05) is 50.9 Å². The third kappa shape index (κ3) is 12.5. The average Bonchev–Trinajstić information content (AvgIpc) is 2.85. The molecule has 0 saturated carbocycles. The third-order valence-corrected chi connectivity index (χ3v) is 6.65. The number of nitro benzene ring substituents is 1. The molecule has 1 aromatic rings. The number of rotatable bonds is 11. The van der Waals surface area contributed by atoms with Gasteiger partial charge in [0.1, 0.15) is 0 Å². The van der Waals surface area contributed by atoms with E-state index in [1.54, 1.807) is 31.7 Å². The van der Waals surface area contributed by atoms with E-state index >= 15 is 0 Å². The van der Waals surface area contributed by atoms with E-state index in [0.717, 1.165) is 0 Å². The highest BCUT2D eigenvalue weighted by atomic mass is 16.6. The van der Waals surface area contributed by atoms with E-state index in [0.29, 0.717) is 44.5 Å². The zero-order chi connectivity index (χ0) is 29.7. The van der Waals surface area contributed by atoms with Crippen molar-refractivity contribution in [2.45, 2.75) is 25.3 Å². The molecule has 1 heterocycles. The molecule has 222 valence electrons. The molecular weight excluding hydrogens is 530 g/mol. The molecule has 15 nitrogen and oxygen atoms in total. The Morgan fingerprint density at radius 1 is 0.700 bits per heavy atom. The van der Waals surface area contributed by atoms with Crippen molar-refractivity contribution >= 4 is 29.6 Å². The molecule has 4 N–H and O–H groups in total. The van der Waals surface area contributed by atoms with E-state index in [4.69, 9.17) is 0 Å². The van der Waals surface area contributed by atoms with E-state index < -0.39 is 34.8 Å². The molecule has 0 aliphatic carbocycles. The normalized spacial score (nSPS) is 19.4. The molecule has 15 heteroatoms. The Hall–Kier alpha value is -3.66. The van der Waals surface area contributed by atoms with E-state index in [2.05, 4.69) is 0 Å². The minimum absolute atomic E-state index is 0.0888. The second kappa shape index (κ2) is 16.4. The summed E-state index contributed by atoms with van der Waals surface area (Å²) in [5.41, 5.74) is 0.622. The first-order valence-electron chi connectivity index (χ1n) is 12.9. The maximum absolute atomic E-state index is 11.8.